The van der Waals surface area contributed by atoms with Gasteiger partial charge in [0.2, 0.25) is 0 Å². The summed E-state index contributed by atoms with van der Waals surface area (Å²) >= 11 is 0. The van der Waals surface area contributed by atoms with Gasteiger partial charge in [0.1, 0.15) is 6.61 Å². The summed E-state index contributed by atoms with van der Waals surface area (Å²) in [6.45, 7) is 3.67. The minimum atomic E-state index is -3.08. The molecule has 35 heavy (non-hydrogen) atoms. The summed E-state index contributed by atoms with van der Waals surface area (Å²) in [5, 5.41) is 12.5. The third kappa shape index (κ3) is 6.28. The molecule has 4 rings (SSSR count). The minimum Gasteiger partial charge on any atom is -0.390 e. The first-order valence-electron chi connectivity index (χ1n) is 12.2. The SMILES string of the molecule is CCCC#Cc1ccc(-c2cc(Nc3cccc4c3CCN(CC(F)(F)CO)C4)ccc2C)cc1. The number of rotatable bonds is 7. The van der Waals surface area contributed by atoms with Crippen molar-refractivity contribution in [1.29, 1.82) is 0 Å². The maximum absolute atomic E-state index is 13.7. The highest BCUT2D eigenvalue weighted by atomic mass is 19.3. The van der Waals surface area contributed by atoms with E-state index in [9.17, 15) is 8.78 Å². The first kappa shape index (κ1) is 24.9. The number of hydrogen-bond donors (Lipinski definition) is 2. The van der Waals surface area contributed by atoms with Crippen molar-refractivity contribution >= 4 is 11.4 Å². The Morgan fingerprint density at radius 1 is 1.09 bits per heavy atom. The van der Waals surface area contributed by atoms with Crippen molar-refractivity contribution in [3.63, 3.8) is 0 Å². The monoisotopic (exact) mass is 474 g/mol. The Kier molecular flexibility index (Phi) is 7.85. The lowest BCUT2D eigenvalue weighted by Gasteiger charge is -2.32. The van der Waals surface area contributed by atoms with Crippen molar-refractivity contribution in [2.24, 2.45) is 0 Å². The molecule has 0 saturated heterocycles. The van der Waals surface area contributed by atoms with E-state index in [4.69, 9.17) is 5.11 Å². The van der Waals surface area contributed by atoms with Crippen LogP contribution in [-0.2, 0) is 13.0 Å². The molecule has 0 amide bonds. The number of fused-ring (bicyclic) bond motifs is 1. The van der Waals surface area contributed by atoms with Crippen LogP contribution < -0.4 is 5.32 Å². The summed E-state index contributed by atoms with van der Waals surface area (Å²) in [5.41, 5.74) is 8.71. The molecule has 3 nitrogen and oxygen atoms in total. The summed E-state index contributed by atoms with van der Waals surface area (Å²) in [5.74, 6) is 3.32. The number of hydrogen-bond acceptors (Lipinski definition) is 3. The zero-order chi connectivity index (χ0) is 24.8. The molecule has 182 valence electrons. The van der Waals surface area contributed by atoms with Crippen molar-refractivity contribution in [3.8, 4) is 23.0 Å². The second-order valence-electron chi connectivity index (χ2n) is 9.20. The average molecular weight is 475 g/mol. The van der Waals surface area contributed by atoms with Crippen molar-refractivity contribution in [1.82, 2.24) is 4.90 Å². The second kappa shape index (κ2) is 11.0. The van der Waals surface area contributed by atoms with Crippen LogP contribution in [0.3, 0.4) is 0 Å². The van der Waals surface area contributed by atoms with E-state index in [1.165, 1.54) is 5.56 Å². The van der Waals surface area contributed by atoms with E-state index in [1.54, 1.807) is 4.90 Å². The number of aliphatic hydroxyl groups is 1. The van der Waals surface area contributed by atoms with Crippen LogP contribution in [0.5, 0.6) is 0 Å². The molecule has 0 fully saturated rings. The summed E-state index contributed by atoms with van der Waals surface area (Å²) in [6, 6.07) is 20.7. The maximum atomic E-state index is 13.7. The number of nitrogens with one attached hydrogen (secondary N) is 1. The van der Waals surface area contributed by atoms with Gasteiger partial charge in [0.15, 0.2) is 0 Å². The first-order chi connectivity index (χ1) is 16.9. The van der Waals surface area contributed by atoms with E-state index in [1.807, 2.05) is 18.2 Å². The highest BCUT2D eigenvalue weighted by molar-refractivity contribution is 5.75. The predicted molar refractivity (Wildman–Crippen MR) is 139 cm³/mol. The van der Waals surface area contributed by atoms with Crippen molar-refractivity contribution in [2.45, 2.75) is 45.6 Å². The standard InChI is InChI=1S/C30H32F2N2O/c1-3-4-5-7-23-11-13-24(14-12-23)28-18-26(15-10-22(28)2)33-29-9-6-8-25-19-34(17-16-27(25)29)20-30(31,32)21-35/h6,8-15,18,33,35H,3-4,16-17,19-21H2,1-2H3. The van der Waals surface area contributed by atoms with Crippen LogP contribution in [0.1, 0.15) is 42.0 Å². The molecular formula is C30H32F2N2O. The van der Waals surface area contributed by atoms with Gasteiger partial charge in [-0.3, -0.25) is 4.90 Å². The molecule has 1 heterocycles. The van der Waals surface area contributed by atoms with E-state index in [0.717, 1.165) is 52.0 Å². The second-order valence-corrected chi connectivity index (χ2v) is 9.20. The van der Waals surface area contributed by atoms with Crippen LogP contribution in [-0.4, -0.2) is 35.6 Å². The molecule has 0 unspecified atom stereocenters. The summed E-state index contributed by atoms with van der Waals surface area (Å²) in [4.78, 5) is 1.71. The highest BCUT2D eigenvalue weighted by Gasteiger charge is 2.32. The summed E-state index contributed by atoms with van der Waals surface area (Å²) < 4.78 is 27.3. The molecule has 0 aromatic heterocycles. The largest absolute Gasteiger partial charge is 0.390 e. The van der Waals surface area contributed by atoms with E-state index in [0.29, 0.717) is 19.5 Å². The van der Waals surface area contributed by atoms with Gasteiger partial charge in [-0.25, -0.2) is 8.78 Å². The maximum Gasteiger partial charge on any atom is 0.283 e. The molecule has 3 aromatic rings. The minimum absolute atomic E-state index is 0.426. The lowest BCUT2D eigenvalue weighted by Crippen LogP contribution is -2.41. The third-order valence-electron chi connectivity index (χ3n) is 6.35. The average Bonchev–Trinajstić information content (AvgIpc) is 2.86. The van der Waals surface area contributed by atoms with Crippen LogP contribution >= 0.6 is 0 Å². The molecule has 0 radical (unpaired) electrons. The Bertz CT molecular complexity index is 1230. The normalized spacial score (nSPS) is 13.6. The number of anilines is 2. The molecule has 1 aliphatic heterocycles. The number of unbranched alkanes of at least 4 members (excludes halogenated alkanes) is 1. The smallest absolute Gasteiger partial charge is 0.283 e. The molecule has 1 aliphatic rings. The number of alkyl halides is 2. The van der Waals surface area contributed by atoms with E-state index >= 15 is 0 Å². The molecule has 0 aliphatic carbocycles. The number of halogens is 2. The number of benzene rings is 3. The Labute approximate surface area is 206 Å². The number of aliphatic hydroxyl groups excluding tert-OH is 1. The van der Waals surface area contributed by atoms with Crippen LogP contribution in [0.2, 0.25) is 0 Å². The fraction of sp³-hybridized carbons (Fsp3) is 0.333. The van der Waals surface area contributed by atoms with Gasteiger partial charge in [-0.05, 0) is 77.9 Å². The Balaban J connectivity index is 1.53. The fourth-order valence-corrected chi connectivity index (χ4v) is 4.49. The topological polar surface area (TPSA) is 35.5 Å². The van der Waals surface area contributed by atoms with Crippen LogP contribution in [0.4, 0.5) is 20.2 Å². The van der Waals surface area contributed by atoms with Crippen LogP contribution in [0, 0.1) is 18.8 Å². The molecule has 0 spiro atoms. The molecule has 0 saturated carbocycles. The van der Waals surface area contributed by atoms with Gasteiger partial charge in [0, 0.05) is 36.4 Å². The quantitative estimate of drug-likeness (QED) is 0.382. The molecule has 2 N–H and O–H groups in total. The van der Waals surface area contributed by atoms with E-state index in [-0.39, 0.29) is 0 Å². The van der Waals surface area contributed by atoms with Gasteiger partial charge in [-0.1, -0.05) is 49.1 Å². The number of aryl methyl sites for hydroxylation is 1. The molecule has 3 aromatic carbocycles. The highest BCUT2D eigenvalue weighted by Crippen LogP contribution is 2.32. The zero-order valence-corrected chi connectivity index (χ0v) is 20.4. The van der Waals surface area contributed by atoms with Gasteiger partial charge < -0.3 is 10.4 Å². The number of nitrogens with zero attached hydrogens (tertiary/aromatic N) is 1. The van der Waals surface area contributed by atoms with Gasteiger partial charge in [0.05, 0.1) is 6.54 Å². The van der Waals surface area contributed by atoms with Crippen LogP contribution in [0.25, 0.3) is 11.1 Å². The molecular weight excluding hydrogens is 442 g/mol. The Morgan fingerprint density at radius 3 is 2.63 bits per heavy atom. The lowest BCUT2D eigenvalue weighted by molar-refractivity contribution is -0.0749. The Morgan fingerprint density at radius 2 is 1.89 bits per heavy atom. The van der Waals surface area contributed by atoms with Gasteiger partial charge >= 0.3 is 0 Å². The van der Waals surface area contributed by atoms with Crippen molar-refractivity contribution in [2.75, 3.05) is 25.0 Å². The Hall–Kier alpha value is -3.20. The van der Waals surface area contributed by atoms with Crippen LogP contribution in [0.15, 0.2) is 60.7 Å². The third-order valence-corrected chi connectivity index (χ3v) is 6.35. The van der Waals surface area contributed by atoms with Crippen molar-refractivity contribution in [3.05, 3.63) is 82.9 Å². The van der Waals surface area contributed by atoms with Gasteiger partial charge in [-0.15, -0.1) is 0 Å². The molecule has 0 bridgehead atoms. The van der Waals surface area contributed by atoms with Crippen molar-refractivity contribution < 1.29 is 13.9 Å². The van der Waals surface area contributed by atoms with Gasteiger partial charge in [0.25, 0.3) is 5.92 Å². The zero-order valence-electron chi connectivity index (χ0n) is 20.4. The first-order valence-corrected chi connectivity index (χ1v) is 12.2. The summed E-state index contributed by atoms with van der Waals surface area (Å²) in [7, 11) is 0. The molecule has 0 atom stereocenters. The fourth-order valence-electron chi connectivity index (χ4n) is 4.49. The predicted octanol–water partition coefficient (Wildman–Crippen LogP) is 6.54. The lowest BCUT2D eigenvalue weighted by atomic mass is 9.96. The van der Waals surface area contributed by atoms with E-state index in [2.05, 4.69) is 73.5 Å². The van der Waals surface area contributed by atoms with E-state index < -0.39 is 19.1 Å². The molecule has 5 heteroatoms. The van der Waals surface area contributed by atoms with Gasteiger partial charge in [-0.2, -0.15) is 0 Å². The summed E-state index contributed by atoms with van der Waals surface area (Å²) in [6.07, 6.45) is 2.65.